The van der Waals surface area contributed by atoms with Crippen molar-refractivity contribution in [3.63, 3.8) is 0 Å². The van der Waals surface area contributed by atoms with E-state index in [2.05, 4.69) is 150 Å². The normalized spacial score (nSPS) is 12.3. The van der Waals surface area contributed by atoms with Crippen molar-refractivity contribution in [1.29, 1.82) is 5.41 Å². The molecule has 0 aliphatic rings. The van der Waals surface area contributed by atoms with Crippen LogP contribution in [0.4, 0.5) is 0 Å². The monoisotopic (exact) mass is 642 g/mol. The minimum absolute atomic E-state index is 0.420. The molecule has 9 aromatic rings. The first kappa shape index (κ1) is 29.6. The Morgan fingerprint density at radius 2 is 1.10 bits per heavy atom. The molecule has 238 valence electrons. The summed E-state index contributed by atoms with van der Waals surface area (Å²) in [4.78, 5) is 5.12. The number of fused-ring (bicyclic) bond motifs is 9. The number of aliphatic imine (C=N–C) groups is 1. The van der Waals surface area contributed by atoms with Crippen molar-refractivity contribution in [2.75, 3.05) is 0 Å². The fraction of sp³-hybridized carbons (Fsp3) is 0.0435. The Balaban J connectivity index is 1.27. The minimum atomic E-state index is 0.420. The van der Waals surface area contributed by atoms with Crippen LogP contribution in [0.1, 0.15) is 22.3 Å². The molecular weight excluding hydrogens is 609 g/mol. The predicted molar refractivity (Wildman–Crippen MR) is 212 cm³/mol. The number of hydrogen-bond donors (Lipinski definition) is 1. The Hall–Kier alpha value is -6.52. The smallest absolute Gasteiger partial charge is 0.100 e. The van der Waals surface area contributed by atoms with Crippen LogP contribution in [0.25, 0.3) is 65.8 Å². The van der Waals surface area contributed by atoms with Crippen molar-refractivity contribution < 1.29 is 0 Å². The van der Waals surface area contributed by atoms with Crippen LogP contribution in [0.5, 0.6) is 0 Å². The van der Waals surface area contributed by atoms with Gasteiger partial charge in [0.15, 0.2) is 0 Å². The number of hydrogen-bond acceptors (Lipinski definition) is 2. The van der Waals surface area contributed by atoms with E-state index in [4.69, 9.17) is 10.4 Å². The highest BCUT2D eigenvalue weighted by molar-refractivity contribution is 6.28. The number of para-hydroxylation sites is 3. The molecule has 0 amide bonds. The van der Waals surface area contributed by atoms with Crippen LogP contribution in [0.3, 0.4) is 0 Å². The van der Waals surface area contributed by atoms with Crippen molar-refractivity contribution >= 4 is 72.1 Å². The van der Waals surface area contributed by atoms with Gasteiger partial charge in [0.05, 0.1) is 33.5 Å². The topological polar surface area (TPSA) is 46.1 Å². The second-order valence-corrected chi connectivity index (χ2v) is 13.0. The number of benzene rings is 7. The molecular formula is C46H34N4. The Morgan fingerprint density at radius 3 is 1.84 bits per heavy atom. The van der Waals surface area contributed by atoms with Crippen LogP contribution in [0.15, 0.2) is 163 Å². The van der Waals surface area contributed by atoms with Gasteiger partial charge in [0.25, 0.3) is 0 Å². The fourth-order valence-electron chi connectivity index (χ4n) is 7.32. The summed E-state index contributed by atoms with van der Waals surface area (Å²) in [6, 6.07) is 53.4. The van der Waals surface area contributed by atoms with Gasteiger partial charge in [0, 0.05) is 38.2 Å². The lowest BCUT2D eigenvalue weighted by molar-refractivity contribution is 1.19. The second-order valence-electron chi connectivity index (χ2n) is 13.0. The number of aryl methyl sites for hydroxylation is 2. The zero-order valence-corrected chi connectivity index (χ0v) is 27.9. The van der Waals surface area contributed by atoms with E-state index in [9.17, 15) is 0 Å². The van der Waals surface area contributed by atoms with Crippen molar-refractivity contribution in [3.8, 4) is 5.69 Å². The highest BCUT2D eigenvalue weighted by Crippen LogP contribution is 2.41. The molecule has 0 aliphatic carbocycles. The van der Waals surface area contributed by atoms with Crippen LogP contribution in [-0.4, -0.2) is 21.2 Å². The van der Waals surface area contributed by atoms with Gasteiger partial charge in [-0.1, -0.05) is 132 Å². The summed E-state index contributed by atoms with van der Waals surface area (Å²) in [5.41, 5.74) is 11.0. The first-order valence-corrected chi connectivity index (χ1v) is 17.0. The Bertz CT molecular complexity index is 2810. The van der Waals surface area contributed by atoms with Crippen molar-refractivity contribution in [1.82, 2.24) is 9.13 Å². The van der Waals surface area contributed by atoms with Crippen molar-refractivity contribution in [3.05, 3.63) is 180 Å². The summed E-state index contributed by atoms with van der Waals surface area (Å²) < 4.78 is 4.60. The number of nitrogens with one attached hydrogen (secondary N) is 1. The second kappa shape index (κ2) is 11.9. The van der Waals surface area contributed by atoms with E-state index in [1.165, 1.54) is 54.5 Å². The van der Waals surface area contributed by atoms with Crippen LogP contribution in [-0.2, 0) is 0 Å². The lowest BCUT2D eigenvalue weighted by atomic mass is 10.0. The molecule has 2 aromatic heterocycles. The third-order valence-electron chi connectivity index (χ3n) is 9.82. The molecule has 0 unspecified atom stereocenters. The zero-order chi connectivity index (χ0) is 33.8. The molecule has 0 radical (unpaired) electrons. The molecule has 0 bridgehead atoms. The maximum atomic E-state index is 8.95. The van der Waals surface area contributed by atoms with Gasteiger partial charge in [0.1, 0.15) is 6.34 Å². The molecule has 2 heterocycles. The number of nitrogens with zero attached hydrogens (tertiary/aromatic N) is 3. The number of aromatic nitrogens is 2. The fourth-order valence-corrected chi connectivity index (χ4v) is 7.32. The van der Waals surface area contributed by atoms with Crippen LogP contribution in [0.2, 0.25) is 0 Å². The molecule has 0 saturated heterocycles. The van der Waals surface area contributed by atoms with Gasteiger partial charge in [0.2, 0.25) is 0 Å². The molecule has 0 spiro atoms. The average molecular weight is 643 g/mol. The summed E-state index contributed by atoms with van der Waals surface area (Å²) in [5.74, 6) is 0. The molecule has 4 heteroatoms. The van der Waals surface area contributed by atoms with E-state index in [0.717, 1.165) is 33.5 Å². The highest BCUT2D eigenvalue weighted by Gasteiger charge is 2.18. The third-order valence-corrected chi connectivity index (χ3v) is 9.82. The summed E-state index contributed by atoms with van der Waals surface area (Å²) in [6.07, 6.45) is 3.79. The Kier molecular flexibility index (Phi) is 7.03. The van der Waals surface area contributed by atoms with Crippen LogP contribution >= 0.6 is 0 Å². The van der Waals surface area contributed by atoms with E-state index in [1.807, 2.05) is 36.7 Å². The molecule has 1 N–H and O–H groups in total. The molecule has 4 nitrogen and oxygen atoms in total. The quantitative estimate of drug-likeness (QED) is 0.139. The molecule has 0 fully saturated rings. The summed E-state index contributed by atoms with van der Waals surface area (Å²) >= 11 is 0. The van der Waals surface area contributed by atoms with Gasteiger partial charge in [-0.25, -0.2) is 4.99 Å². The van der Waals surface area contributed by atoms with Crippen molar-refractivity contribution in [2.45, 2.75) is 13.8 Å². The predicted octanol–water partition coefficient (Wildman–Crippen LogP) is 11.6. The van der Waals surface area contributed by atoms with Crippen molar-refractivity contribution in [2.24, 2.45) is 4.99 Å². The molecule has 7 aromatic carbocycles. The summed E-state index contributed by atoms with van der Waals surface area (Å²) in [6.45, 7) is 4.14. The van der Waals surface area contributed by atoms with E-state index in [-0.39, 0.29) is 0 Å². The van der Waals surface area contributed by atoms with Gasteiger partial charge >= 0.3 is 0 Å². The van der Waals surface area contributed by atoms with E-state index in [0.29, 0.717) is 5.71 Å². The zero-order valence-electron chi connectivity index (χ0n) is 27.9. The third kappa shape index (κ3) is 4.84. The first-order valence-electron chi connectivity index (χ1n) is 17.0. The van der Waals surface area contributed by atoms with Crippen LogP contribution < -0.4 is 0 Å². The van der Waals surface area contributed by atoms with Crippen LogP contribution in [0, 0.1) is 19.3 Å². The number of allylic oxidation sites excluding steroid dienone is 1. The van der Waals surface area contributed by atoms with Gasteiger partial charge in [-0.2, -0.15) is 0 Å². The maximum absolute atomic E-state index is 8.95. The van der Waals surface area contributed by atoms with E-state index in [1.54, 1.807) is 0 Å². The van der Waals surface area contributed by atoms with Gasteiger partial charge in [-0.15, -0.1) is 0 Å². The molecule has 50 heavy (non-hydrogen) atoms. The standard InChI is InChI=1S/C46H34N4/c1-30-16-20-32(21-17-30)40(47)28-41(33-22-18-31(2)19-23-33)48-29-49-42-14-8-7-13-39(42)45-36-24-25-37-35-12-6-9-15-43(35)50(34-10-4-3-5-11-34)46(37)38(36)26-27-44(45)49/h3-29,47H,1-2H3/b41-28-,47-40?,48-29+. The van der Waals surface area contributed by atoms with Gasteiger partial charge < -0.3 is 9.98 Å². The van der Waals surface area contributed by atoms with Gasteiger partial charge in [-0.05, 0) is 61.2 Å². The lowest BCUT2D eigenvalue weighted by Crippen LogP contribution is -1.99. The van der Waals surface area contributed by atoms with E-state index < -0.39 is 0 Å². The lowest BCUT2D eigenvalue weighted by Gasteiger charge is -2.10. The first-order chi connectivity index (χ1) is 24.5. The Morgan fingerprint density at radius 1 is 0.520 bits per heavy atom. The largest absolute Gasteiger partial charge is 0.309 e. The summed E-state index contributed by atoms with van der Waals surface area (Å²) in [7, 11) is 0. The summed E-state index contributed by atoms with van der Waals surface area (Å²) in [5, 5.41) is 16.2. The highest BCUT2D eigenvalue weighted by atomic mass is 15.0. The molecule has 9 rings (SSSR count). The molecule has 0 aliphatic heterocycles. The average Bonchev–Trinajstić information content (AvgIpc) is 3.67. The maximum Gasteiger partial charge on any atom is 0.100 e. The Labute approximate surface area is 290 Å². The van der Waals surface area contributed by atoms with Gasteiger partial charge in [-0.3, -0.25) is 4.57 Å². The number of rotatable bonds is 6. The molecule has 0 atom stereocenters. The molecule has 0 saturated carbocycles. The SMILES string of the molecule is Cc1ccc(C(=N)/C=C(\N=C\n2c3ccccc3c3c4ccc5c6ccccc6n(-c6ccccc6)c5c4ccc32)c2ccc(C)cc2)cc1. The van der Waals surface area contributed by atoms with E-state index >= 15 is 0 Å². The minimum Gasteiger partial charge on any atom is -0.309 e.